The van der Waals surface area contributed by atoms with Crippen LogP contribution in [0.1, 0.15) is 28.9 Å². The molecule has 2 aromatic rings. The predicted molar refractivity (Wildman–Crippen MR) is 78.6 cm³/mol. The molecule has 3 rings (SSSR count). The molecule has 0 unspecified atom stereocenters. The van der Waals surface area contributed by atoms with Gasteiger partial charge in [0.15, 0.2) is 5.69 Å². The summed E-state index contributed by atoms with van der Waals surface area (Å²) in [6.45, 7) is 1.68. The quantitative estimate of drug-likeness (QED) is 0.918. The molecule has 0 radical (unpaired) electrons. The summed E-state index contributed by atoms with van der Waals surface area (Å²) in [6.07, 6.45) is 3.22. The normalized spacial score (nSPS) is 16.0. The number of nitrogens with zero attached hydrogens (tertiary/aromatic N) is 4. The second-order valence-corrected chi connectivity index (χ2v) is 5.56. The highest BCUT2D eigenvalue weighted by atomic mass is 19.1. The number of carbonyl (C=O) groups is 1. The minimum atomic E-state index is -0.293. The van der Waals surface area contributed by atoms with Gasteiger partial charge in [0.1, 0.15) is 5.82 Å². The molecular formula is C15H18FN5O. The smallest absolute Gasteiger partial charge is 0.276 e. The van der Waals surface area contributed by atoms with E-state index in [9.17, 15) is 9.18 Å². The number of likely N-dealkylation sites (tertiary alicyclic amines) is 1. The summed E-state index contributed by atoms with van der Waals surface area (Å²) in [4.78, 5) is 14.1. The molecule has 1 saturated heterocycles. The van der Waals surface area contributed by atoms with Crippen LogP contribution in [0.25, 0.3) is 0 Å². The molecule has 22 heavy (non-hydrogen) atoms. The highest BCUT2D eigenvalue weighted by Crippen LogP contribution is 2.12. The summed E-state index contributed by atoms with van der Waals surface area (Å²) in [7, 11) is 0. The van der Waals surface area contributed by atoms with Crippen LogP contribution in [0.2, 0.25) is 0 Å². The molecule has 1 aromatic heterocycles. The van der Waals surface area contributed by atoms with Crippen molar-refractivity contribution in [3.8, 4) is 0 Å². The van der Waals surface area contributed by atoms with Gasteiger partial charge in [-0.05, 0) is 30.5 Å². The standard InChI is InChI=1S/C15H18FN5O/c16-12-3-1-2-11(8-12)9-21-10-14(18-19-21)15(22)20-6-4-13(17)5-7-20/h1-3,8,10,13H,4-7,9,17H2. The van der Waals surface area contributed by atoms with Gasteiger partial charge in [-0.2, -0.15) is 0 Å². The zero-order valence-corrected chi connectivity index (χ0v) is 12.2. The number of rotatable bonds is 3. The first kappa shape index (κ1) is 14.6. The average molecular weight is 303 g/mol. The zero-order chi connectivity index (χ0) is 15.5. The lowest BCUT2D eigenvalue weighted by molar-refractivity contribution is 0.0708. The van der Waals surface area contributed by atoms with Crippen molar-refractivity contribution < 1.29 is 9.18 Å². The van der Waals surface area contributed by atoms with Crippen molar-refractivity contribution in [3.63, 3.8) is 0 Å². The van der Waals surface area contributed by atoms with E-state index < -0.39 is 0 Å². The molecule has 1 aliphatic heterocycles. The maximum absolute atomic E-state index is 13.2. The minimum Gasteiger partial charge on any atom is -0.337 e. The minimum absolute atomic E-state index is 0.127. The van der Waals surface area contributed by atoms with E-state index in [1.165, 1.54) is 16.8 Å². The topological polar surface area (TPSA) is 77.0 Å². The molecule has 1 fully saturated rings. The van der Waals surface area contributed by atoms with Crippen LogP contribution in [0.4, 0.5) is 4.39 Å². The number of benzene rings is 1. The van der Waals surface area contributed by atoms with E-state index in [2.05, 4.69) is 10.3 Å². The van der Waals surface area contributed by atoms with Crippen LogP contribution >= 0.6 is 0 Å². The molecule has 1 aliphatic rings. The first-order valence-corrected chi connectivity index (χ1v) is 7.31. The fourth-order valence-corrected chi connectivity index (χ4v) is 2.56. The van der Waals surface area contributed by atoms with E-state index in [-0.39, 0.29) is 17.8 Å². The van der Waals surface area contributed by atoms with E-state index >= 15 is 0 Å². The Hall–Kier alpha value is -2.28. The molecule has 0 aliphatic carbocycles. The van der Waals surface area contributed by atoms with Gasteiger partial charge in [0.25, 0.3) is 5.91 Å². The van der Waals surface area contributed by atoms with Crippen molar-refractivity contribution in [2.75, 3.05) is 13.1 Å². The maximum Gasteiger partial charge on any atom is 0.276 e. The third-order valence-electron chi connectivity index (χ3n) is 3.82. The summed E-state index contributed by atoms with van der Waals surface area (Å²) in [6, 6.07) is 6.45. The molecule has 6 nitrogen and oxygen atoms in total. The Labute approximate surface area is 127 Å². The number of carbonyl (C=O) groups excluding carboxylic acids is 1. The Morgan fingerprint density at radius 2 is 2.14 bits per heavy atom. The van der Waals surface area contributed by atoms with E-state index in [1.54, 1.807) is 23.2 Å². The molecule has 7 heteroatoms. The fraction of sp³-hybridized carbons (Fsp3) is 0.400. The van der Waals surface area contributed by atoms with E-state index in [0.717, 1.165) is 18.4 Å². The average Bonchev–Trinajstić information content (AvgIpc) is 2.96. The van der Waals surface area contributed by atoms with Gasteiger partial charge >= 0.3 is 0 Å². The molecule has 1 amide bonds. The summed E-state index contributed by atoms with van der Waals surface area (Å²) >= 11 is 0. The summed E-state index contributed by atoms with van der Waals surface area (Å²) in [5, 5.41) is 7.87. The Bertz CT molecular complexity index is 663. The van der Waals surface area contributed by atoms with Crippen molar-refractivity contribution in [2.24, 2.45) is 5.73 Å². The largest absolute Gasteiger partial charge is 0.337 e. The molecule has 2 N–H and O–H groups in total. The number of aromatic nitrogens is 3. The summed E-state index contributed by atoms with van der Waals surface area (Å²) in [5.74, 6) is -0.420. The molecular weight excluding hydrogens is 285 g/mol. The zero-order valence-electron chi connectivity index (χ0n) is 12.2. The van der Waals surface area contributed by atoms with Crippen molar-refractivity contribution in [3.05, 3.63) is 47.5 Å². The Balaban J connectivity index is 1.67. The van der Waals surface area contributed by atoms with Gasteiger partial charge in [0.2, 0.25) is 0 Å². The van der Waals surface area contributed by atoms with Gasteiger partial charge in [-0.15, -0.1) is 5.10 Å². The molecule has 2 heterocycles. The fourth-order valence-electron chi connectivity index (χ4n) is 2.56. The maximum atomic E-state index is 13.2. The number of piperidine rings is 1. The lowest BCUT2D eigenvalue weighted by Gasteiger charge is -2.29. The first-order valence-electron chi connectivity index (χ1n) is 7.31. The van der Waals surface area contributed by atoms with Crippen LogP contribution < -0.4 is 5.73 Å². The lowest BCUT2D eigenvalue weighted by atomic mass is 10.1. The first-order chi connectivity index (χ1) is 10.6. The SMILES string of the molecule is NC1CCN(C(=O)c2cn(Cc3cccc(F)c3)nn2)CC1. The number of amides is 1. The third kappa shape index (κ3) is 3.30. The monoisotopic (exact) mass is 303 g/mol. The summed E-state index contributed by atoms with van der Waals surface area (Å²) < 4.78 is 14.7. The van der Waals surface area contributed by atoms with Gasteiger partial charge in [0.05, 0.1) is 12.7 Å². The van der Waals surface area contributed by atoms with Crippen LogP contribution in [0.5, 0.6) is 0 Å². The number of halogens is 1. The van der Waals surface area contributed by atoms with E-state index in [4.69, 9.17) is 5.73 Å². The van der Waals surface area contributed by atoms with Crippen LogP contribution in [0.15, 0.2) is 30.5 Å². The van der Waals surface area contributed by atoms with Gasteiger partial charge < -0.3 is 10.6 Å². The lowest BCUT2D eigenvalue weighted by Crippen LogP contribution is -2.43. The van der Waals surface area contributed by atoms with Gasteiger partial charge in [0, 0.05) is 19.1 Å². The van der Waals surface area contributed by atoms with Gasteiger partial charge in [-0.1, -0.05) is 17.3 Å². The van der Waals surface area contributed by atoms with Crippen molar-refractivity contribution in [1.29, 1.82) is 0 Å². The number of hydrogen-bond donors (Lipinski definition) is 1. The van der Waals surface area contributed by atoms with Crippen molar-refractivity contribution in [2.45, 2.75) is 25.4 Å². The van der Waals surface area contributed by atoms with Gasteiger partial charge in [-0.25, -0.2) is 9.07 Å². The number of hydrogen-bond acceptors (Lipinski definition) is 4. The van der Waals surface area contributed by atoms with Crippen molar-refractivity contribution in [1.82, 2.24) is 19.9 Å². The third-order valence-corrected chi connectivity index (χ3v) is 3.82. The van der Waals surface area contributed by atoms with Crippen LogP contribution in [0.3, 0.4) is 0 Å². The van der Waals surface area contributed by atoms with Crippen molar-refractivity contribution >= 4 is 5.91 Å². The molecule has 0 bridgehead atoms. The summed E-state index contributed by atoms with van der Waals surface area (Å²) in [5.41, 5.74) is 6.92. The van der Waals surface area contributed by atoms with E-state index in [1.807, 2.05) is 0 Å². The van der Waals surface area contributed by atoms with E-state index in [0.29, 0.717) is 25.3 Å². The predicted octanol–water partition coefficient (Wildman–Crippen LogP) is 1.03. The molecule has 1 aromatic carbocycles. The Morgan fingerprint density at radius 3 is 2.86 bits per heavy atom. The van der Waals surface area contributed by atoms with Crippen LogP contribution in [-0.4, -0.2) is 44.9 Å². The molecule has 0 saturated carbocycles. The Kier molecular flexibility index (Phi) is 4.15. The highest BCUT2D eigenvalue weighted by molar-refractivity contribution is 5.92. The van der Waals surface area contributed by atoms with Crippen LogP contribution in [0, 0.1) is 5.82 Å². The number of nitrogens with two attached hydrogens (primary N) is 1. The second-order valence-electron chi connectivity index (χ2n) is 5.56. The molecule has 0 spiro atoms. The van der Waals surface area contributed by atoms with Crippen LogP contribution in [-0.2, 0) is 6.54 Å². The van der Waals surface area contributed by atoms with Gasteiger partial charge in [-0.3, -0.25) is 4.79 Å². The molecule has 116 valence electrons. The second kappa shape index (κ2) is 6.23. The highest BCUT2D eigenvalue weighted by Gasteiger charge is 2.23. The Morgan fingerprint density at radius 1 is 1.36 bits per heavy atom. The molecule has 0 atom stereocenters.